The maximum absolute atomic E-state index is 12.6. The van der Waals surface area contributed by atoms with Gasteiger partial charge in [0, 0.05) is 11.6 Å². The van der Waals surface area contributed by atoms with Crippen LogP contribution in [0.25, 0.3) is 0 Å². The fourth-order valence-electron chi connectivity index (χ4n) is 2.51. The van der Waals surface area contributed by atoms with Crippen LogP contribution in [0.5, 0.6) is 0 Å². The Morgan fingerprint density at radius 1 is 0.962 bits per heavy atom. The summed E-state index contributed by atoms with van der Waals surface area (Å²) in [6.45, 7) is 10.4. The lowest BCUT2D eigenvalue weighted by Crippen LogP contribution is -2.32. The first kappa shape index (κ1) is 19.7. The highest BCUT2D eigenvalue weighted by atomic mass is 16.2. The summed E-state index contributed by atoms with van der Waals surface area (Å²) in [5.74, 6) is -0.410. The molecule has 2 aromatic rings. The van der Waals surface area contributed by atoms with Crippen molar-refractivity contribution in [2.24, 2.45) is 0 Å². The number of hydrogen-bond donors (Lipinski definition) is 2. The highest BCUT2D eigenvalue weighted by Gasteiger charge is 2.17. The maximum atomic E-state index is 12.6. The van der Waals surface area contributed by atoms with Crippen molar-refractivity contribution in [2.45, 2.75) is 52.5 Å². The molecule has 2 aromatic carbocycles. The molecule has 26 heavy (non-hydrogen) atoms. The number of para-hydroxylation sites is 1. The number of amides is 2. The van der Waals surface area contributed by atoms with E-state index in [0.29, 0.717) is 16.8 Å². The molecular weight excluding hydrogens is 324 g/mol. The zero-order valence-corrected chi connectivity index (χ0v) is 16.2. The molecule has 2 N–H and O–H groups in total. The lowest BCUT2D eigenvalue weighted by molar-refractivity contribution is 0.0940. The molecule has 138 valence electrons. The van der Waals surface area contributed by atoms with Crippen LogP contribution >= 0.6 is 0 Å². The number of nitrogens with one attached hydrogen (secondary N) is 2. The fourth-order valence-corrected chi connectivity index (χ4v) is 2.51. The van der Waals surface area contributed by atoms with Crippen molar-refractivity contribution < 1.29 is 9.59 Å². The minimum Gasteiger partial charge on any atom is -0.350 e. The Morgan fingerprint density at radius 2 is 1.58 bits per heavy atom. The van der Waals surface area contributed by atoms with E-state index in [1.54, 1.807) is 24.3 Å². The number of benzene rings is 2. The SMILES string of the molecule is CC[C@@H](C)NC(=O)c1ccccc1NC(=O)c1ccc(C(C)(C)C)cc1. The second-order valence-corrected chi connectivity index (χ2v) is 7.61. The summed E-state index contributed by atoms with van der Waals surface area (Å²) >= 11 is 0. The number of carbonyl (C=O) groups excluding carboxylic acids is 2. The van der Waals surface area contributed by atoms with Gasteiger partial charge in [0.15, 0.2) is 0 Å². The molecule has 0 saturated carbocycles. The van der Waals surface area contributed by atoms with Gasteiger partial charge in [-0.1, -0.05) is 52.0 Å². The number of carbonyl (C=O) groups is 2. The van der Waals surface area contributed by atoms with Gasteiger partial charge in [-0.25, -0.2) is 0 Å². The summed E-state index contributed by atoms with van der Waals surface area (Å²) in [6, 6.07) is 14.7. The summed E-state index contributed by atoms with van der Waals surface area (Å²) in [6.07, 6.45) is 0.848. The summed E-state index contributed by atoms with van der Waals surface area (Å²) in [5, 5.41) is 5.79. The van der Waals surface area contributed by atoms with E-state index in [2.05, 4.69) is 31.4 Å². The van der Waals surface area contributed by atoms with Gasteiger partial charge in [-0.2, -0.15) is 0 Å². The first-order valence-electron chi connectivity index (χ1n) is 9.04. The molecule has 0 aliphatic carbocycles. The zero-order valence-electron chi connectivity index (χ0n) is 16.2. The van der Waals surface area contributed by atoms with E-state index in [4.69, 9.17) is 0 Å². The molecule has 0 spiro atoms. The first-order valence-corrected chi connectivity index (χ1v) is 9.04. The van der Waals surface area contributed by atoms with Crippen molar-refractivity contribution in [2.75, 3.05) is 5.32 Å². The molecule has 0 bridgehead atoms. The Labute approximate surface area is 156 Å². The van der Waals surface area contributed by atoms with Crippen molar-refractivity contribution in [3.63, 3.8) is 0 Å². The smallest absolute Gasteiger partial charge is 0.255 e. The molecule has 0 heterocycles. The lowest BCUT2D eigenvalue weighted by Gasteiger charge is -2.19. The Bertz CT molecular complexity index is 773. The number of rotatable bonds is 5. The van der Waals surface area contributed by atoms with Gasteiger partial charge in [0.25, 0.3) is 11.8 Å². The fraction of sp³-hybridized carbons (Fsp3) is 0.364. The first-order chi connectivity index (χ1) is 12.2. The molecule has 0 saturated heterocycles. The van der Waals surface area contributed by atoms with Crippen LogP contribution in [0.4, 0.5) is 5.69 Å². The molecule has 2 rings (SSSR count). The molecule has 2 amide bonds. The topological polar surface area (TPSA) is 58.2 Å². The van der Waals surface area contributed by atoms with E-state index in [1.807, 2.05) is 38.1 Å². The van der Waals surface area contributed by atoms with E-state index in [9.17, 15) is 9.59 Å². The lowest BCUT2D eigenvalue weighted by atomic mass is 9.86. The normalized spacial score (nSPS) is 12.3. The van der Waals surface area contributed by atoms with Gasteiger partial charge in [-0.15, -0.1) is 0 Å². The van der Waals surface area contributed by atoms with Crippen LogP contribution in [0, 0.1) is 0 Å². The van der Waals surface area contributed by atoms with E-state index in [0.717, 1.165) is 6.42 Å². The molecule has 0 aliphatic rings. The standard InChI is InChI=1S/C22H28N2O2/c1-6-15(2)23-21(26)18-9-7-8-10-19(18)24-20(25)16-11-13-17(14-12-16)22(3,4)5/h7-15H,6H2,1-5H3,(H,23,26)(H,24,25)/t15-/m1/s1. The highest BCUT2D eigenvalue weighted by molar-refractivity contribution is 6.09. The zero-order chi connectivity index (χ0) is 19.3. The van der Waals surface area contributed by atoms with Crippen molar-refractivity contribution in [3.8, 4) is 0 Å². The molecule has 0 unspecified atom stereocenters. The van der Waals surface area contributed by atoms with Crippen LogP contribution in [0.2, 0.25) is 0 Å². The third-order valence-corrected chi connectivity index (χ3v) is 4.42. The Morgan fingerprint density at radius 3 is 2.15 bits per heavy atom. The Balaban J connectivity index is 2.18. The molecule has 0 aliphatic heterocycles. The number of anilines is 1. The van der Waals surface area contributed by atoms with Crippen LogP contribution in [-0.2, 0) is 5.41 Å². The predicted molar refractivity (Wildman–Crippen MR) is 107 cm³/mol. The van der Waals surface area contributed by atoms with Crippen molar-refractivity contribution in [1.29, 1.82) is 0 Å². The van der Waals surface area contributed by atoms with Crippen LogP contribution in [0.3, 0.4) is 0 Å². The molecule has 0 aromatic heterocycles. The monoisotopic (exact) mass is 352 g/mol. The Kier molecular flexibility index (Phi) is 6.19. The number of hydrogen-bond acceptors (Lipinski definition) is 2. The van der Waals surface area contributed by atoms with Gasteiger partial charge < -0.3 is 10.6 Å². The summed E-state index contributed by atoms with van der Waals surface area (Å²) in [7, 11) is 0. The molecule has 0 radical (unpaired) electrons. The van der Waals surface area contributed by atoms with Crippen LogP contribution in [0.15, 0.2) is 48.5 Å². The maximum Gasteiger partial charge on any atom is 0.255 e. The van der Waals surface area contributed by atoms with Crippen molar-refractivity contribution in [3.05, 3.63) is 65.2 Å². The predicted octanol–water partition coefficient (Wildman–Crippen LogP) is 4.76. The summed E-state index contributed by atoms with van der Waals surface area (Å²) < 4.78 is 0. The summed E-state index contributed by atoms with van der Waals surface area (Å²) in [4.78, 5) is 25.0. The second-order valence-electron chi connectivity index (χ2n) is 7.61. The molecule has 0 fully saturated rings. The quantitative estimate of drug-likeness (QED) is 0.815. The molecule has 4 heteroatoms. The van der Waals surface area contributed by atoms with Gasteiger partial charge in [0.05, 0.1) is 11.3 Å². The molecule has 1 atom stereocenters. The van der Waals surface area contributed by atoms with E-state index < -0.39 is 0 Å². The van der Waals surface area contributed by atoms with Crippen LogP contribution in [0.1, 0.15) is 67.3 Å². The molecule has 4 nitrogen and oxygen atoms in total. The average Bonchev–Trinajstić information content (AvgIpc) is 2.61. The van der Waals surface area contributed by atoms with Gasteiger partial charge in [0.1, 0.15) is 0 Å². The molecular formula is C22H28N2O2. The van der Waals surface area contributed by atoms with E-state index >= 15 is 0 Å². The van der Waals surface area contributed by atoms with Crippen molar-refractivity contribution in [1.82, 2.24) is 5.32 Å². The minimum atomic E-state index is -0.228. The van der Waals surface area contributed by atoms with Crippen molar-refractivity contribution >= 4 is 17.5 Å². The van der Waals surface area contributed by atoms with E-state index in [1.165, 1.54) is 5.56 Å². The largest absolute Gasteiger partial charge is 0.350 e. The van der Waals surface area contributed by atoms with Crippen LogP contribution < -0.4 is 10.6 Å². The van der Waals surface area contributed by atoms with Gasteiger partial charge in [-0.05, 0) is 48.6 Å². The average molecular weight is 352 g/mol. The minimum absolute atomic E-state index is 0.0374. The van der Waals surface area contributed by atoms with Gasteiger partial charge in [0.2, 0.25) is 0 Å². The Hall–Kier alpha value is -2.62. The third-order valence-electron chi connectivity index (χ3n) is 4.42. The third kappa shape index (κ3) is 4.94. The van der Waals surface area contributed by atoms with Gasteiger partial charge in [-0.3, -0.25) is 9.59 Å². The second kappa shape index (κ2) is 8.17. The van der Waals surface area contributed by atoms with Gasteiger partial charge >= 0.3 is 0 Å². The van der Waals surface area contributed by atoms with Crippen LogP contribution in [-0.4, -0.2) is 17.9 Å². The highest BCUT2D eigenvalue weighted by Crippen LogP contribution is 2.23. The van der Waals surface area contributed by atoms with E-state index in [-0.39, 0.29) is 23.3 Å². The summed E-state index contributed by atoms with van der Waals surface area (Å²) in [5.41, 5.74) is 2.75.